The summed E-state index contributed by atoms with van der Waals surface area (Å²) in [5.41, 5.74) is 3.21. The van der Waals surface area contributed by atoms with Crippen LogP contribution in [0.5, 0.6) is 0 Å². The number of hydrogen-bond donors (Lipinski definition) is 1. The highest BCUT2D eigenvalue weighted by molar-refractivity contribution is 5.28. The van der Waals surface area contributed by atoms with Gasteiger partial charge in [0.25, 0.3) is 0 Å². The Bertz CT molecular complexity index is 708. The molecule has 1 aromatic heterocycles. The summed E-state index contributed by atoms with van der Waals surface area (Å²) in [6.45, 7) is 2.93. The Morgan fingerprint density at radius 1 is 1.20 bits per heavy atom. The van der Waals surface area contributed by atoms with Crippen LogP contribution in [-0.2, 0) is 20.0 Å². The molecular weight excluding hydrogens is 310 g/mol. The Labute approximate surface area is 150 Å². The number of aliphatic hydroxyl groups excluding tert-OH is 1. The molecule has 0 saturated carbocycles. The van der Waals surface area contributed by atoms with Crippen LogP contribution in [0.15, 0.2) is 42.6 Å². The number of hydrogen-bond acceptors (Lipinski definition) is 3. The normalized spacial score (nSPS) is 17.3. The first-order valence-electron chi connectivity index (χ1n) is 9.15. The van der Waals surface area contributed by atoms with E-state index in [0.29, 0.717) is 11.6 Å². The molecule has 0 unspecified atom stereocenters. The minimum atomic E-state index is -0.204. The summed E-state index contributed by atoms with van der Waals surface area (Å²) in [5.74, 6) is 0.408. The third-order valence-corrected chi connectivity index (χ3v) is 5.33. The van der Waals surface area contributed by atoms with Gasteiger partial charge >= 0.3 is 0 Å². The Morgan fingerprint density at radius 2 is 1.92 bits per heavy atom. The van der Waals surface area contributed by atoms with Crippen molar-refractivity contribution in [2.24, 2.45) is 13.0 Å². The molecule has 2 heterocycles. The third-order valence-electron chi connectivity index (χ3n) is 5.33. The van der Waals surface area contributed by atoms with Gasteiger partial charge in [0.2, 0.25) is 0 Å². The predicted octanol–water partition coefficient (Wildman–Crippen LogP) is 3.10. The molecule has 3 rings (SSSR count). The highest BCUT2D eigenvalue weighted by Gasteiger charge is 2.25. The van der Waals surface area contributed by atoms with E-state index in [-0.39, 0.29) is 6.10 Å². The summed E-state index contributed by atoms with van der Waals surface area (Å²) in [6.07, 6.45) is 5.73. The van der Waals surface area contributed by atoms with Gasteiger partial charge in [-0.05, 0) is 61.9 Å². The fourth-order valence-electron chi connectivity index (χ4n) is 3.78. The molecule has 2 aromatic rings. The van der Waals surface area contributed by atoms with Gasteiger partial charge in [-0.25, -0.2) is 0 Å². The molecule has 0 spiro atoms. The first kappa shape index (κ1) is 17.7. The van der Waals surface area contributed by atoms with Crippen LogP contribution in [-0.4, -0.2) is 33.8 Å². The standard InChI is InChI=1S/C21H27N3O/c1-23-15-18(13-20(23)14-22)16-24-11-9-19(10-12-24)21(25)8-7-17-5-3-2-4-6-17/h2-6,13,15,19,21,25H,7-12,16H2,1H3/t21-/m0/s1. The second kappa shape index (κ2) is 8.33. The maximum Gasteiger partial charge on any atom is 0.120 e. The van der Waals surface area contributed by atoms with E-state index in [4.69, 9.17) is 5.26 Å². The molecule has 1 atom stereocenters. The second-order valence-corrected chi connectivity index (χ2v) is 7.16. The van der Waals surface area contributed by atoms with Crippen LogP contribution in [0.1, 0.15) is 36.1 Å². The van der Waals surface area contributed by atoms with Gasteiger partial charge in [0.15, 0.2) is 0 Å². The summed E-state index contributed by atoms with van der Waals surface area (Å²) in [4.78, 5) is 2.43. The van der Waals surface area contributed by atoms with Crippen molar-refractivity contribution in [3.05, 3.63) is 59.4 Å². The van der Waals surface area contributed by atoms with E-state index in [0.717, 1.165) is 45.3 Å². The van der Waals surface area contributed by atoms with Crippen LogP contribution in [0.25, 0.3) is 0 Å². The lowest BCUT2D eigenvalue weighted by atomic mass is 9.88. The summed E-state index contributed by atoms with van der Waals surface area (Å²) < 4.78 is 1.88. The van der Waals surface area contributed by atoms with Gasteiger partial charge in [0.1, 0.15) is 11.8 Å². The molecule has 1 aromatic carbocycles. The fourth-order valence-corrected chi connectivity index (χ4v) is 3.78. The number of aliphatic hydroxyl groups is 1. The monoisotopic (exact) mass is 337 g/mol. The second-order valence-electron chi connectivity index (χ2n) is 7.16. The fraction of sp³-hybridized carbons (Fsp3) is 0.476. The summed E-state index contributed by atoms with van der Waals surface area (Å²) in [5, 5.41) is 19.6. The first-order chi connectivity index (χ1) is 12.2. The van der Waals surface area contributed by atoms with Crippen molar-refractivity contribution >= 4 is 0 Å². The molecule has 1 aliphatic rings. The van der Waals surface area contributed by atoms with Gasteiger partial charge in [-0.1, -0.05) is 30.3 Å². The van der Waals surface area contributed by atoms with Gasteiger partial charge in [0, 0.05) is 19.8 Å². The molecule has 0 amide bonds. The van der Waals surface area contributed by atoms with Crippen molar-refractivity contribution in [1.82, 2.24) is 9.47 Å². The van der Waals surface area contributed by atoms with E-state index in [1.807, 2.05) is 29.9 Å². The van der Waals surface area contributed by atoms with Crippen molar-refractivity contribution in [2.45, 2.75) is 38.3 Å². The van der Waals surface area contributed by atoms with Crippen LogP contribution in [0.3, 0.4) is 0 Å². The highest BCUT2D eigenvalue weighted by atomic mass is 16.3. The van der Waals surface area contributed by atoms with E-state index in [9.17, 15) is 5.11 Å². The van der Waals surface area contributed by atoms with Gasteiger partial charge < -0.3 is 9.67 Å². The largest absolute Gasteiger partial charge is 0.393 e. The molecule has 4 nitrogen and oxygen atoms in total. The zero-order valence-corrected chi connectivity index (χ0v) is 14.9. The molecule has 1 N–H and O–H groups in total. The lowest BCUT2D eigenvalue weighted by Crippen LogP contribution is -2.37. The van der Waals surface area contributed by atoms with E-state index in [1.54, 1.807) is 0 Å². The molecule has 0 bridgehead atoms. The molecule has 0 aliphatic carbocycles. The van der Waals surface area contributed by atoms with Crippen LogP contribution in [0, 0.1) is 17.2 Å². The molecule has 1 fully saturated rings. The van der Waals surface area contributed by atoms with E-state index >= 15 is 0 Å². The summed E-state index contributed by atoms with van der Waals surface area (Å²) in [7, 11) is 1.91. The van der Waals surface area contributed by atoms with Crippen molar-refractivity contribution in [3.8, 4) is 6.07 Å². The lowest BCUT2D eigenvalue weighted by molar-refractivity contribution is 0.0519. The number of nitriles is 1. The Balaban J connectivity index is 1.44. The number of likely N-dealkylation sites (tertiary alicyclic amines) is 1. The average Bonchev–Trinajstić information content (AvgIpc) is 3.00. The Hall–Kier alpha value is -2.09. The minimum Gasteiger partial charge on any atom is -0.393 e. The molecule has 4 heteroatoms. The highest BCUT2D eigenvalue weighted by Crippen LogP contribution is 2.24. The molecule has 1 aliphatic heterocycles. The molecular formula is C21H27N3O. The zero-order chi connectivity index (χ0) is 17.6. The first-order valence-corrected chi connectivity index (χ1v) is 9.15. The topological polar surface area (TPSA) is 52.2 Å². The van der Waals surface area contributed by atoms with E-state index < -0.39 is 0 Å². The molecule has 25 heavy (non-hydrogen) atoms. The third kappa shape index (κ3) is 4.72. The Kier molecular flexibility index (Phi) is 5.91. The van der Waals surface area contributed by atoms with Gasteiger partial charge in [0.05, 0.1) is 6.10 Å². The van der Waals surface area contributed by atoms with Crippen LogP contribution < -0.4 is 0 Å². The molecule has 0 radical (unpaired) electrons. The molecule has 132 valence electrons. The van der Waals surface area contributed by atoms with E-state index in [2.05, 4.69) is 35.2 Å². The smallest absolute Gasteiger partial charge is 0.120 e. The van der Waals surface area contributed by atoms with Gasteiger partial charge in [-0.3, -0.25) is 4.90 Å². The van der Waals surface area contributed by atoms with E-state index in [1.165, 1.54) is 11.1 Å². The number of rotatable bonds is 6. The zero-order valence-electron chi connectivity index (χ0n) is 14.9. The molecule has 1 saturated heterocycles. The lowest BCUT2D eigenvalue weighted by Gasteiger charge is -2.34. The number of aromatic nitrogens is 1. The quantitative estimate of drug-likeness (QED) is 0.881. The van der Waals surface area contributed by atoms with Crippen molar-refractivity contribution < 1.29 is 5.11 Å². The minimum absolute atomic E-state index is 0.204. The summed E-state index contributed by atoms with van der Waals surface area (Å²) >= 11 is 0. The maximum absolute atomic E-state index is 10.5. The van der Waals surface area contributed by atoms with Crippen molar-refractivity contribution in [2.75, 3.05) is 13.1 Å². The maximum atomic E-state index is 10.5. The van der Waals surface area contributed by atoms with Crippen molar-refractivity contribution in [3.63, 3.8) is 0 Å². The number of benzene rings is 1. The SMILES string of the molecule is Cn1cc(CN2CCC([C@@H](O)CCc3ccccc3)CC2)cc1C#N. The van der Waals surface area contributed by atoms with Gasteiger partial charge in [-0.2, -0.15) is 5.26 Å². The number of nitrogens with zero attached hydrogens (tertiary/aromatic N) is 3. The predicted molar refractivity (Wildman–Crippen MR) is 98.9 cm³/mol. The summed E-state index contributed by atoms with van der Waals surface area (Å²) in [6, 6.07) is 14.6. The van der Waals surface area contributed by atoms with Crippen molar-refractivity contribution in [1.29, 1.82) is 5.26 Å². The van der Waals surface area contributed by atoms with Crippen LogP contribution >= 0.6 is 0 Å². The average molecular weight is 337 g/mol. The van der Waals surface area contributed by atoms with Gasteiger partial charge in [-0.15, -0.1) is 0 Å². The number of piperidine rings is 1. The van der Waals surface area contributed by atoms with Crippen LogP contribution in [0.2, 0.25) is 0 Å². The number of aryl methyl sites for hydroxylation is 2. The Morgan fingerprint density at radius 3 is 2.56 bits per heavy atom. The van der Waals surface area contributed by atoms with Crippen LogP contribution in [0.4, 0.5) is 0 Å².